The summed E-state index contributed by atoms with van der Waals surface area (Å²) in [6.45, 7) is 1.30. The van der Waals surface area contributed by atoms with Gasteiger partial charge in [-0.25, -0.2) is 9.59 Å². The lowest BCUT2D eigenvalue weighted by Crippen LogP contribution is -2.42. The van der Waals surface area contributed by atoms with Crippen molar-refractivity contribution in [2.24, 2.45) is 5.92 Å². The van der Waals surface area contributed by atoms with Crippen LogP contribution in [-0.2, 0) is 23.8 Å². The molecule has 1 aromatic heterocycles. The highest BCUT2D eigenvalue weighted by Gasteiger charge is 2.33. The Morgan fingerprint density at radius 3 is 2.31 bits per heavy atom. The molecule has 1 aliphatic heterocycles. The molecule has 2 amide bonds. The van der Waals surface area contributed by atoms with Crippen LogP contribution in [0.4, 0.5) is 23.0 Å². The number of likely N-dealkylation sites (tertiary alicyclic amines) is 1. The normalized spacial score (nSPS) is 14.6. The number of thiophene rings is 1. The van der Waals surface area contributed by atoms with Crippen LogP contribution in [0, 0.1) is 19.8 Å². The number of methoxy groups -OCH3 is 1. The van der Waals surface area contributed by atoms with Crippen LogP contribution in [0.1, 0.15) is 33.6 Å². The number of esters is 2. The molecule has 0 spiro atoms. The van der Waals surface area contributed by atoms with Gasteiger partial charge in [0.05, 0.1) is 18.6 Å². The van der Waals surface area contributed by atoms with Gasteiger partial charge in [0, 0.05) is 18.0 Å². The molecule has 1 aliphatic rings. The molecule has 178 valence electrons. The van der Waals surface area contributed by atoms with Crippen molar-refractivity contribution in [3.05, 3.63) is 16.0 Å². The molecule has 0 aliphatic carbocycles. The second-order valence-electron chi connectivity index (χ2n) is 7.07. The summed E-state index contributed by atoms with van der Waals surface area (Å²) in [6, 6.07) is 0. The minimum Gasteiger partial charge on any atom is -0.465 e. The number of carbonyl (C=O) groups is 4. The highest BCUT2D eigenvalue weighted by atomic mass is 32.1. The molecule has 0 bridgehead atoms. The first-order chi connectivity index (χ1) is 14.9. The van der Waals surface area contributed by atoms with E-state index in [9.17, 15) is 32.3 Å². The van der Waals surface area contributed by atoms with Gasteiger partial charge >= 0.3 is 24.2 Å². The molecule has 1 fully saturated rings. The van der Waals surface area contributed by atoms with Crippen molar-refractivity contribution in [3.63, 3.8) is 0 Å². The molecule has 1 N–H and O–H groups in total. The first kappa shape index (κ1) is 25.4. The zero-order valence-electron chi connectivity index (χ0n) is 17.7. The fourth-order valence-corrected chi connectivity index (χ4v) is 4.08. The second kappa shape index (κ2) is 10.7. The zero-order chi connectivity index (χ0) is 24.1. The third kappa shape index (κ3) is 6.84. The molecular formula is C19H23F3N2O7S. The Balaban J connectivity index is 1.80. The van der Waals surface area contributed by atoms with Gasteiger partial charge < -0.3 is 24.4 Å². The summed E-state index contributed by atoms with van der Waals surface area (Å²) >= 11 is 1.19. The predicted octanol–water partition coefficient (Wildman–Crippen LogP) is 3.04. The van der Waals surface area contributed by atoms with Crippen LogP contribution < -0.4 is 5.32 Å². The smallest absolute Gasteiger partial charge is 0.422 e. The number of hydrogen-bond donors (Lipinski definition) is 1. The second-order valence-corrected chi connectivity index (χ2v) is 8.29. The average molecular weight is 480 g/mol. The molecule has 0 unspecified atom stereocenters. The average Bonchev–Trinajstić information content (AvgIpc) is 3.02. The van der Waals surface area contributed by atoms with Crippen molar-refractivity contribution in [2.75, 3.05) is 38.7 Å². The minimum absolute atomic E-state index is 0.0267. The highest BCUT2D eigenvalue weighted by molar-refractivity contribution is 7.16. The highest BCUT2D eigenvalue weighted by Crippen LogP contribution is 2.33. The van der Waals surface area contributed by atoms with E-state index in [1.165, 1.54) is 18.4 Å². The van der Waals surface area contributed by atoms with Crippen LogP contribution in [0.25, 0.3) is 0 Å². The van der Waals surface area contributed by atoms with Gasteiger partial charge in [0.15, 0.2) is 13.2 Å². The van der Waals surface area contributed by atoms with Crippen LogP contribution in [0.15, 0.2) is 0 Å². The number of rotatable bonds is 6. The fourth-order valence-electron chi connectivity index (χ4n) is 3.01. The van der Waals surface area contributed by atoms with Gasteiger partial charge in [-0.05, 0) is 32.3 Å². The third-order valence-electron chi connectivity index (χ3n) is 4.82. The Hall–Kier alpha value is -2.83. The summed E-state index contributed by atoms with van der Waals surface area (Å²) in [6.07, 6.45) is -5.39. The number of hydrogen-bond acceptors (Lipinski definition) is 8. The SMILES string of the molecule is COC(=O)c1c(NC(=O)COC(=O)C2CCN(C(=O)OCC(F)(F)F)CC2)sc(C)c1C. The molecule has 32 heavy (non-hydrogen) atoms. The topological polar surface area (TPSA) is 111 Å². The van der Waals surface area contributed by atoms with Crippen LogP contribution in [0.3, 0.4) is 0 Å². The van der Waals surface area contributed by atoms with Crippen molar-refractivity contribution >= 4 is 40.3 Å². The number of nitrogens with zero attached hydrogens (tertiary/aromatic N) is 1. The molecule has 0 aromatic carbocycles. The molecular weight excluding hydrogens is 457 g/mol. The maximum atomic E-state index is 12.2. The van der Waals surface area contributed by atoms with E-state index in [1.54, 1.807) is 13.8 Å². The summed E-state index contributed by atoms with van der Waals surface area (Å²) in [5.74, 6) is -2.50. The van der Waals surface area contributed by atoms with E-state index in [0.29, 0.717) is 10.6 Å². The Morgan fingerprint density at radius 2 is 1.75 bits per heavy atom. The van der Waals surface area contributed by atoms with Gasteiger partial charge in [0.2, 0.25) is 0 Å². The minimum atomic E-state index is -4.61. The fraction of sp³-hybridized carbons (Fsp3) is 0.579. The van der Waals surface area contributed by atoms with E-state index in [-0.39, 0.29) is 31.5 Å². The number of nitrogens with one attached hydrogen (secondary N) is 1. The van der Waals surface area contributed by atoms with Crippen molar-refractivity contribution in [2.45, 2.75) is 32.9 Å². The molecule has 1 aromatic rings. The summed E-state index contributed by atoms with van der Waals surface area (Å²) in [5, 5.41) is 2.82. The van der Waals surface area contributed by atoms with E-state index >= 15 is 0 Å². The van der Waals surface area contributed by atoms with Crippen LogP contribution in [-0.4, -0.2) is 68.4 Å². The van der Waals surface area contributed by atoms with Crippen LogP contribution in [0.5, 0.6) is 0 Å². The first-order valence-corrected chi connectivity index (χ1v) is 10.4. The maximum Gasteiger partial charge on any atom is 0.422 e. The Labute approximate surface area is 185 Å². The van der Waals surface area contributed by atoms with E-state index < -0.39 is 49.2 Å². The molecule has 13 heteroatoms. The Kier molecular flexibility index (Phi) is 8.47. The molecule has 0 atom stereocenters. The summed E-state index contributed by atoms with van der Waals surface area (Å²) in [4.78, 5) is 49.9. The van der Waals surface area contributed by atoms with Crippen LogP contribution >= 0.6 is 11.3 Å². The molecule has 0 saturated carbocycles. The van der Waals surface area contributed by atoms with Gasteiger partial charge in [-0.1, -0.05) is 0 Å². The van der Waals surface area contributed by atoms with Gasteiger partial charge in [-0.2, -0.15) is 13.2 Å². The number of halogens is 3. The lowest BCUT2D eigenvalue weighted by atomic mass is 9.97. The summed E-state index contributed by atoms with van der Waals surface area (Å²) < 4.78 is 50.3. The third-order valence-corrected chi connectivity index (χ3v) is 5.94. The van der Waals surface area contributed by atoms with Crippen molar-refractivity contribution < 1.29 is 46.6 Å². The lowest BCUT2D eigenvalue weighted by Gasteiger charge is -2.30. The number of carbonyl (C=O) groups excluding carboxylic acids is 4. The number of piperidine rings is 1. The van der Waals surface area contributed by atoms with E-state index in [0.717, 1.165) is 9.78 Å². The largest absolute Gasteiger partial charge is 0.465 e. The molecule has 2 heterocycles. The van der Waals surface area contributed by atoms with Crippen LogP contribution in [0.2, 0.25) is 0 Å². The Bertz CT molecular complexity index is 877. The van der Waals surface area contributed by atoms with Crippen molar-refractivity contribution in [1.29, 1.82) is 0 Å². The molecule has 9 nitrogen and oxygen atoms in total. The monoisotopic (exact) mass is 480 g/mol. The zero-order valence-corrected chi connectivity index (χ0v) is 18.5. The lowest BCUT2D eigenvalue weighted by molar-refractivity contribution is -0.163. The summed E-state index contributed by atoms with van der Waals surface area (Å²) in [5.41, 5.74) is 0.911. The van der Waals surface area contributed by atoms with Gasteiger partial charge in [0.1, 0.15) is 5.00 Å². The van der Waals surface area contributed by atoms with Gasteiger partial charge in [-0.3, -0.25) is 9.59 Å². The summed E-state index contributed by atoms with van der Waals surface area (Å²) in [7, 11) is 1.23. The molecule has 1 saturated heterocycles. The van der Waals surface area contributed by atoms with E-state index in [4.69, 9.17) is 9.47 Å². The predicted molar refractivity (Wildman–Crippen MR) is 106 cm³/mol. The maximum absolute atomic E-state index is 12.2. The van der Waals surface area contributed by atoms with E-state index in [1.807, 2.05) is 0 Å². The quantitative estimate of drug-likeness (QED) is 0.492. The number of anilines is 1. The van der Waals surface area contributed by atoms with Gasteiger partial charge in [0.25, 0.3) is 5.91 Å². The first-order valence-electron chi connectivity index (χ1n) is 9.56. The number of ether oxygens (including phenoxy) is 3. The standard InChI is InChI=1S/C19H23F3N2O7S/c1-10-11(2)32-15(14(10)17(27)29-3)23-13(25)8-30-16(26)12-4-6-24(7-5-12)18(28)31-9-19(20,21)22/h12H,4-9H2,1-3H3,(H,23,25). The number of aryl methyl sites for hydroxylation is 1. The number of amides is 2. The van der Waals surface area contributed by atoms with Crippen molar-refractivity contribution in [3.8, 4) is 0 Å². The van der Waals surface area contributed by atoms with Gasteiger partial charge in [-0.15, -0.1) is 11.3 Å². The molecule has 0 radical (unpaired) electrons. The number of alkyl halides is 3. The van der Waals surface area contributed by atoms with Crippen molar-refractivity contribution in [1.82, 2.24) is 4.90 Å². The van der Waals surface area contributed by atoms with E-state index in [2.05, 4.69) is 10.1 Å². The molecule has 2 rings (SSSR count). The Morgan fingerprint density at radius 1 is 1.12 bits per heavy atom.